The molecule has 2 bridgehead atoms. The molecule has 0 radical (unpaired) electrons. The molecule has 0 aromatic heterocycles. The number of piperidine rings is 1. The van der Waals surface area contributed by atoms with Crippen LogP contribution in [-0.2, 0) is 4.79 Å². The van der Waals surface area contributed by atoms with Crippen LogP contribution in [0.4, 0.5) is 10.5 Å². The minimum atomic E-state index is -0.111. The summed E-state index contributed by atoms with van der Waals surface area (Å²) >= 11 is 0. The number of hydrogen-bond donors (Lipinski definition) is 2. The minimum absolute atomic E-state index is 0.0960. The molecule has 1 saturated heterocycles. The van der Waals surface area contributed by atoms with E-state index in [0.717, 1.165) is 30.4 Å². The van der Waals surface area contributed by atoms with Crippen LogP contribution < -0.4 is 10.6 Å². The molecule has 1 aromatic carbocycles. The molecule has 1 aromatic rings. The molecule has 1 heterocycles. The maximum absolute atomic E-state index is 12.8. The third kappa shape index (κ3) is 4.12. The number of fused-ring (bicyclic) bond motifs is 2. The molecule has 3 aliphatic rings. The summed E-state index contributed by atoms with van der Waals surface area (Å²) in [4.78, 5) is 27.1. The predicted molar refractivity (Wildman–Crippen MR) is 106 cm³/mol. The summed E-state index contributed by atoms with van der Waals surface area (Å²) in [5.74, 6) is 2.38. The summed E-state index contributed by atoms with van der Waals surface area (Å²) < 4.78 is 0. The van der Waals surface area contributed by atoms with Crippen LogP contribution in [0.25, 0.3) is 0 Å². The predicted octanol–water partition coefficient (Wildman–Crippen LogP) is 3.87. The van der Waals surface area contributed by atoms with Crippen LogP contribution in [0, 0.1) is 23.7 Å². The third-order valence-corrected chi connectivity index (χ3v) is 6.91. The lowest BCUT2D eigenvalue weighted by molar-refractivity contribution is -0.127. The molecule has 4 rings (SSSR count). The second kappa shape index (κ2) is 7.91. The molecule has 5 atom stereocenters. The molecule has 3 amide bonds. The van der Waals surface area contributed by atoms with Crippen LogP contribution >= 0.6 is 0 Å². The van der Waals surface area contributed by atoms with Crippen LogP contribution in [0.5, 0.6) is 0 Å². The standard InChI is InChI=1S/C22H31N3O2/c1-15(20-13-16-9-10-17(20)12-16)23-21(26)18-6-5-11-25(14-18)22(27)24-19-7-3-2-4-8-19/h2-4,7-8,15-18,20H,5-6,9-14H2,1H3,(H,23,26)(H,24,27)/t15-,16-,17-,18+,20+/m0/s1. The molecule has 3 fully saturated rings. The molecular formula is C22H31N3O2. The second-order valence-corrected chi connectivity index (χ2v) is 8.72. The first-order chi connectivity index (χ1) is 13.1. The number of carbonyl (C=O) groups excluding carboxylic acids is 2. The maximum Gasteiger partial charge on any atom is 0.321 e. The Morgan fingerprint density at radius 1 is 1.11 bits per heavy atom. The first-order valence-corrected chi connectivity index (χ1v) is 10.5. The zero-order valence-corrected chi connectivity index (χ0v) is 16.2. The summed E-state index contributed by atoms with van der Waals surface area (Å²) in [7, 11) is 0. The summed E-state index contributed by atoms with van der Waals surface area (Å²) in [6.45, 7) is 3.39. The Hall–Kier alpha value is -2.04. The van der Waals surface area contributed by atoms with E-state index in [9.17, 15) is 9.59 Å². The molecule has 5 heteroatoms. The van der Waals surface area contributed by atoms with Gasteiger partial charge in [-0.25, -0.2) is 4.79 Å². The van der Waals surface area contributed by atoms with Gasteiger partial charge in [0.1, 0.15) is 0 Å². The highest BCUT2D eigenvalue weighted by atomic mass is 16.2. The van der Waals surface area contributed by atoms with E-state index in [-0.39, 0.29) is 23.9 Å². The lowest BCUT2D eigenvalue weighted by Gasteiger charge is -2.34. The first-order valence-electron chi connectivity index (χ1n) is 10.5. The molecule has 2 aliphatic carbocycles. The van der Waals surface area contributed by atoms with Gasteiger partial charge in [-0.15, -0.1) is 0 Å². The number of urea groups is 1. The van der Waals surface area contributed by atoms with Gasteiger partial charge in [-0.1, -0.05) is 24.6 Å². The van der Waals surface area contributed by atoms with E-state index < -0.39 is 0 Å². The normalized spacial score (nSPS) is 30.8. The molecule has 146 valence electrons. The Morgan fingerprint density at radius 3 is 2.63 bits per heavy atom. The highest BCUT2D eigenvalue weighted by Gasteiger charge is 2.42. The second-order valence-electron chi connectivity index (χ2n) is 8.72. The largest absolute Gasteiger partial charge is 0.353 e. The van der Waals surface area contributed by atoms with Crippen molar-refractivity contribution in [2.24, 2.45) is 23.7 Å². The van der Waals surface area contributed by atoms with Crippen molar-refractivity contribution >= 4 is 17.6 Å². The molecular weight excluding hydrogens is 338 g/mol. The monoisotopic (exact) mass is 369 g/mol. The summed E-state index contributed by atoms with van der Waals surface area (Å²) in [6, 6.07) is 9.62. The van der Waals surface area contributed by atoms with Gasteiger partial charge in [0.05, 0.1) is 5.92 Å². The van der Waals surface area contributed by atoms with Crippen molar-refractivity contribution in [3.05, 3.63) is 30.3 Å². The lowest BCUT2D eigenvalue weighted by Crippen LogP contribution is -2.49. The number of hydrogen-bond acceptors (Lipinski definition) is 2. The molecule has 5 nitrogen and oxygen atoms in total. The van der Waals surface area contributed by atoms with Crippen LogP contribution in [0.1, 0.15) is 45.4 Å². The molecule has 2 N–H and O–H groups in total. The highest BCUT2D eigenvalue weighted by molar-refractivity contribution is 5.90. The van der Waals surface area contributed by atoms with Crippen molar-refractivity contribution in [3.63, 3.8) is 0 Å². The van der Waals surface area contributed by atoms with Gasteiger partial charge in [-0.05, 0) is 68.9 Å². The van der Waals surface area contributed by atoms with Crippen LogP contribution in [-0.4, -0.2) is 36.0 Å². The van der Waals surface area contributed by atoms with Gasteiger partial charge in [0.2, 0.25) is 5.91 Å². The van der Waals surface area contributed by atoms with Crippen molar-refractivity contribution < 1.29 is 9.59 Å². The summed E-state index contributed by atoms with van der Waals surface area (Å²) in [5.41, 5.74) is 0.791. The fourth-order valence-corrected chi connectivity index (χ4v) is 5.46. The van der Waals surface area contributed by atoms with Crippen molar-refractivity contribution in [3.8, 4) is 0 Å². The van der Waals surface area contributed by atoms with Gasteiger partial charge in [0, 0.05) is 24.8 Å². The quantitative estimate of drug-likeness (QED) is 0.846. The number of likely N-dealkylation sites (tertiary alicyclic amines) is 1. The van der Waals surface area contributed by atoms with Gasteiger partial charge in [0.15, 0.2) is 0 Å². The number of benzene rings is 1. The average molecular weight is 370 g/mol. The molecule has 0 unspecified atom stereocenters. The van der Waals surface area contributed by atoms with Gasteiger partial charge in [-0.2, -0.15) is 0 Å². The fraction of sp³-hybridized carbons (Fsp3) is 0.636. The topological polar surface area (TPSA) is 61.4 Å². The van der Waals surface area contributed by atoms with Gasteiger partial charge in [0.25, 0.3) is 0 Å². The summed E-state index contributed by atoms with van der Waals surface area (Å²) in [5, 5.41) is 6.22. The van der Waals surface area contributed by atoms with Crippen molar-refractivity contribution in [2.45, 2.75) is 51.5 Å². The Labute approximate surface area is 161 Å². The molecule has 27 heavy (non-hydrogen) atoms. The number of rotatable bonds is 4. The van der Waals surface area contributed by atoms with E-state index in [0.29, 0.717) is 19.0 Å². The van der Waals surface area contributed by atoms with E-state index in [1.54, 1.807) is 4.90 Å². The number of nitrogens with zero attached hydrogens (tertiary/aromatic N) is 1. The Balaban J connectivity index is 1.29. The summed E-state index contributed by atoms with van der Waals surface area (Å²) in [6.07, 6.45) is 7.11. The Morgan fingerprint density at radius 2 is 1.93 bits per heavy atom. The zero-order chi connectivity index (χ0) is 18.8. The fourth-order valence-electron chi connectivity index (χ4n) is 5.46. The van der Waals surface area contributed by atoms with E-state index in [1.807, 2.05) is 30.3 Å². The number of amides is 3. The molecule has 0 spiro atoms. The lowest BCUT2D eigenvalue weighted by atomic mass is 9.83. The van der Waals surface area contributed by atoms with Crippen LogP contribution in [0.15, 0.2) is 30.3 Å². The highest BCUT2D eigenvalue weighted by Crippen LogP contribution is 2.49. The van der Waals surface area contributed by atoms with Crippen molar-refractivity contribution in [2.75, 3.05) is 18.4 Å². The van der Waals surface area contributed by atoms with Gasteiger partial charge < -0.3 is 15.5 Å². The van der Waals surface area contributed by atoms with E-state index >= 15 is 0 Å². The van der Waals surface area contributed by atoms with Crippen LogP contribution in [0.3, 0.4) is 0 Å². The van der Waals surface area contributed by atoms with Gasteiger partial charge >= 0.3 is 6.03 Å². The van der Waals surface area contributed by atoms with Crippen molar-refractivity contribution in [1.29, 1.82) is 0 Å². The third-order valence-electron chi connectivity index (χ3n) is 6.91. The van der Waals surface area contributed by atoms with E-state index in [1.165, 1.54) is 25.7 Å². The first kappa shape index (κ1) is 18.3. The van der Waals surface area contributed by atoms with Crippen LogP contribution in [0.2, 0.25) is 0 Å². The number of carbonyl (C=O) groups is 2. The number of nitrogens with one attached hydrogen (secondary N) is 2. The zero-order valence-electron chi connectivity index (χ0n) is 16.2. The van der Waals surface area contributed by atoms with E-state index in [4.69, 9.17) is 0 Å². The van der Waals surface area contributed by atoms with Crippen molar-refractivity contribution in [1.82, 2.24) is 10.2 Å². The maximum atomic E-state index is 12.8. The van der Waals surface area contributed by atoms with Gasteiger partial charge in [-0.3, -0.25) is 4.79 Å². The number of anilines is 1. The molecule has 2 saturated carbocycles. The average Bonchev–Trinajstić information content (AvgIpc) is 3.32. The Kier molecular flexibility index (Phi) is 5.37. The smallest absolute Gasteiger partial charge is 0.321 e. The SMILES string of the molecule is C[C@H](NC(=O)[C@@H]1CCCN(C(=O)Nc2ccccc2)C1)[C@H]1C[C@H]2CC[C@H]1C2. The molecule has 1 aliphatic heterocycles. The number of para-hydroxylation sites is 1. The van der Waals surface area contributed by atoms with E-state index in [2.05, 4.69) is 17.6 Å². The minimum Gasteiger partial charge on any atom is -0.353 e. The Bertz CT molecular complexity index is 677.